The minimum Gasteiger partial charge on any atom is -0.379 e. The fourth-order valence-corrected chi connectivity index (χ4v) is 2.22. The van der Waals surface area contributed by atoms with Crippen LogP contribution in [-0.4, -0.2) is 45.1 Å². The van der Waals surface area contributed by atoms with E-state index in [0.717, 1.165) is 26.3 Å². The Kier molecular flexibility index (Phi) is 4.38. The van der Waals surface area contributed by atoms with Gasteiger partial charge in [-0.1, -0.05) is 0 Å². The van der Waals surface area contributed by atoms with Gasteiger partial charge in [0.25, 0.3) is 0 Å². The predicted molar refractivity (Wildman–Crippen MR) is 58.7 cm³/mol. The first-order valence-corrected chi connectivity index (χ1v) is 6.02. The molecule has 2 fully saturated rings. The van der Waals surface area contributed by atoms with E-state index in [9.17, 15) is 0 Å². The van der Waals surface area contributed by atoms with Gasteiger partial charge in [-0.15, -0.1) is 0 Å². The summed E-state index contributed by atoms with van der Waals surface area (Å²) in [4.78, 5) is 0. The Morgan fingerprint density at radius 2 is 2.13 bits per heavy atom. The highest BCUT2D eigenvalue weighted by Crippen LogP contribution is 2.13. The molecule has 2 saturated heterocycles. The van der Waals surface area contributed by atoms with Gasteiger partial charge >= 0.3 is 0 Å². The monoisotopic (exact) mass is 214 g/mol. The van der Waals surface area contributed by atoms with Gasteiger partial charge in [0.2, 0.25) is 0 Å². The van der Waals surface area contributed by atoms with Crippen molar-refractivity contribution < 1.29 is 9.47 Å². The Bertz CT molecular complexity index is 183. The zero-order chi connectivity index (χ0) is 10.5. The molecule has 2 rings (SSSR count). The summed E-state index contributed by atoms with van der Waals surface area (Å²) in [5.74, 6) is 0.480. The number of ether oxygens (including phenoxy) is 2. The predicted octanol–water partition coefficient (Wildman–Crippen LogP) is 0.119. The van der Waals surface area contributed by atoms with Crippen molar-refractivity contribution in [3.8, 4) is 0 Å². The molecule has 15 heavy (non-hydrogen) atoms. The van der Waals surface area contributed by atoms with E-state index in [1.807, 2.05) is 0 Å². The van der Waals surface area contributed by atoms with Crippen LogP contribution in [0.5, 0.6) is 0 Å². The van der Waals surface area contributed by atoms with Crippen molar-refractivity contribution in [2.45, 2.75) is 31.4 Å². The van der Waals surface area contributed by atoms with E-state index in [0.29, 0.717) is 18.6 Å². The molecule has 4 nitrogen and oxygen atoms in total. The second-order valence-corrected chi connectivity index (χ2v) is 4.61. The molecule has 0 amide bonds. The number of nitrogens with one attached hydrogen (secondary N) is 1. The van der Waals surface area contributed by atoms with Gasteiger partial charge < -0.3 is 20.5 Å². The molecule has 88 valence electrons. The van der Waals surface area contributed by atoms with Crippen LogP contribution in [0.25, 0.3) is 0 Å². The van der Waals surface area contributed by atoms with Crippen LogP contribution in [0.3, 0.4) is 0 Å². The molecule has 2 aliphatic heterocycles. The van der Waals surface area contributed by atoms with E-state index < -0.39 is 0 Å². The lowest BCUT2D eigenvalue weighted by Crippen LogP contribution is -2.39. The number of nitrogens with two attached hydrogens (primary N) is 1. The third-order valence-electron chi connectivity index (χ3n) is 3.30. The normalized spacial score (nSPS) is 37.0. The highest BCUT2D eigenvalue weighted by Gasteiger charge is 2.24. The molecule has 0 aromatic carbocycles. The van der Waals surface area contributed by atoms with Crippen LogP contribution in [0, 0.1) is 5.92 Å². The maximum atomic E-state index is 5.90. The van der Waals surface area contributed by atoms with E-state index in [1.165, 1.54) is 19.3 Å². The largest absolute Gasteiger partial charge is 0.379 e. The van der Waals surface area contributed by atoms with Gasteiger partial charge in [-0.2, -0.15) is 0 Å². The number of hydrogen-bond donors (Lipinski definition) is 2. The summed E-state index contributed by atoms with van der Waals surface area (Å²) in [5, 5.41) is 3.44. The van der Waals surface area contributed by atoms with Gasteiger partial charge in [-0.25, -0.2) is 0 Å². The molecule has 0 aromatic heterocycles. The van der Waals surface area contributed by atoms with Crippen molar-refractivity contribution >= 4 is 0 Å². The Morgan fingerprint density at radius 1 is 1.20 bits per heavy atom. The quantitative estimate of drug-likeness (QED) is 0.698. The molecule has 0 aliphatic carbocycles. The molecule has 4 heteroatoms. The fraction of sp³-hybridized carbons (Fsp3) is 1.00. The van der Waals surface area contributed by atoms with Gasteiger partial charge in [-0.05, 0) is 19.3 Å². The minimum atomic E-state index is 0.213. The molecular formula is C11H22N2O2. The Labute approximate surface area is 91.5 Å². The lowest BCUT2D eigenvalue weighted by Gasteiger charge is -2.23. The van der Waals surface area contributed by atoms with Crippen LogP contribution < -0.4 is 11.1 Å². The lowest BCUT2D eigenvalue weighted by atomic mass is 10.0. The summed E-state index contributed by atoms with van der Waals surface area (Å²) in [6, 6.07) is 0.213. The third-order valence-corrected chi connectivity index (χ3v) is 3.30. The van der Waals surface area contributed by atoms with E-state index in [-0.39, 0.29) is 6.04 Å². The summed E-state index contributed by atoms with van der Waals surface area (Å²) >= 11 is 0. The summed E-state index contributed by atoms with van der Waals surface area (Å²) in [5.41, 5.74) is 5.90. The summed E-state index contributed by atoms with van der Waals surface area (Å²) in [6.07, 6.45) is 4.13. The SMILES string of the molecule is NC1COCC1CNCC1CCCCO1. The van der Waals surface area contributed by atoms with Gasteiger partial charge in [0, 0.05) is 31.7 Å². The Balaban J connectivity index is 1.57. The Morgan fingerprint density at radius 3 is 2.80 bits per heavy atom. The second kappa shape index (κ2) is 5.80. The van der Waals surface area contributed by atoms with Gasteiger partial charge in [0.05, 0.1) is 19.3 Å². The topological polar surface area (TPSA) is 56.5 Å². The van der Waals surface area contributed by atoms with Crippen LogP contribution in [0.4, 0.5) is 0 Å². The van der Waals surface area contributed by atoms with Crippen LogP contribution >= 0.6 is 0 Å². The average Bonchev–Trinajstić information content (AvgIpc) is 2.66. The molecule has 3 N–H and O–H groups in total. The standard InChI is InChI=1S/C11H22N2O2/c12-11-8-14-7-9(11)5-13-6-10-3-1-2-4-15-10/h9-11,13H,1-8,12H2. The summed E-state index contributed by atoms with van der Waals surface area (Å²) < 4.78 is 11.0. The molecule has 0 saturated carbocycles. The van der Waals surface area contributed by atoms with Crippen LogP contribution in [-0.2, 0) is 9.47 Å². The zero-order valence-electron chi connectivity index (χ0n) is 9.28. The summed E-state index contributed by atoms with van der Waals surface area (Å²) in [7, 11) is 0. The molecule has 0 radical (unpaired) electrons. The second-order valence-electron chi connectivity index (χ2n) is 4.61. The third kappa shape index (κ3) is 3.41. The lowest BCUT2D eigenvalue weighted by molar-refractivity contribution is 0.0164. The van der Waals surface area contributed by atoms with Crippen molar-refractivity contribution in [1.82, 2.24) is 5.32 Å². The highest BCUT2D eigenvalue weighted by molar-refractivity contribution is 4.80. The molecule has 2 aliphatic rings. The smallest absolute Gasteiger partial charge is 0.0699 e. The minimum absolute atomic E-state index is 0.213. The first kappa shape index (κ1) is 11.3. The molecule has 0 bridgehead atoms. The van der Waals surface area contributed by atoms with Crippen LogP contribution in [0.2, 0.25) is 0 Å². The molecule has 2 heterocycles. The van der Waals surface area contributed by atoms with E-state index in [4.69, 9.17) is 15.2 Å². The number of hydrogen-bond acceptors (Lipinski definition) is 4. The molecule has 0 aromatic rings. The van der Waals surface area contributed by atoms with Crippen molar-refractivity contribution in [3.05, 3.63) is 0 Å². The van der Waals surface area contributed by atoms with E-state index >= 15 is 0 Å². The van der Waals surface area contributed by atoms with Gasteiger partial charge in [0.15, 0.2) is 0 Å². The molecule has 3 atom stereocenters. The molecular weight excluding hydrogens is 192 g/mol. The summed E-state index contributed by atoms with van der Waals surface area (Å²) in [6.45, 7) is 4.37. The highest BCUT2D eigenvalue weighted by atomic mass is 16.5. The van der Waals surface area contributed by atoms with Crippen LogP contribution in [0.1, 0.15) is 19.3 Å². The number of rotatable bonds is 4. The average molecular weight is 214 g/mol. The van der Waals surface area contributed by atoms with Crippen molar-refractivity contribution in [1.29, 1.82) is 0 Å². The maximum absolute atomic E-state index is 5.90. The first-order chi connectivity index (χ1) is 7.36. The molecule has 3 unspecified atom stereocenters. The van der Waals surface area contributed by atoms with Crippen LogP contribution in [0.15, 0.2) is 0 Å². The van der Waals surface area contributed by atoms with E-state index in [2.05, 4.69) is 5.32 Å². The zero-order valence-corrected chi connectivity index (χ0v) is 9.28. The van der Waals surface area contributed by atoms with Crippen molar-refractivity contribution in [2.75, 3.05) is 32.9 Å². The fourth-order valence-electron chi connectivity index (χ4n) is 2.22. The molecule has 0 spiro atoms. The van der Waals surface area contributed by atoms with Crippen molar-refractivity contribution in [2.24, 2.45) is 11.7 Å². The Hall–Kier alpha value is -0.160. The van der Waals surface area contributed by atoms with Gasteiger partial charge in [-0.3, -0.25) is 0 Å². The van der Waals surface area contributed by atoms with Crippen molar-refractivity contribution in [3.63, 3.8) is 0 Å². The van der Waals surface area contributed by atoms with E-state index in [1.54, 1.807) is 0 Å². The first-order valence-electron chi connectivity index (χ1n) is 6.02. The maximum Gasteiger partial charge on any atom is 0.0699 e. The van der Waals surface area contributed by atoms with Gasteiger partial charge in [0.1, 0.15) is 0 Å².